The van der Waals surface area contributed by atoms with Gasteiger partial charge in [0.25, 0.3) is 5.78 Å². The summed E-state index contributed by atoms with van der Waals surface area (Å²) in [6.07, 6.45) is 3.10. The number of aryl methyl sites for hydroxylation is 3. The number of aromatic nitrogens is 4. The highest BCUT2D eigenvalue weighted by Gasteiger charge is 2.22. The molecule has 1 fully saturated rings. The Kier molecular flexibility index (Phi) is 6.34. The fraction of sp³-hybridized carbons (Fsp3) is 0.346. The quantitative estimate of drug-likeness (QED) is 0.411. The van der Waals surface area contributed by atoms with Crippen molar-refractivity contribution in [1.29, 1.82) is 0 Å². The first kappa shape index (κ1) is 23.2. The average molecular weight is 479 g/mol. The molecule has 0 radical (unpaired) electrons. The van der Waals surface area contributed by atoms with Crippen molar-refractivity contribution in [3.05, 3.63) is 76.6 Å². The van der Waals surface area contributed by atoms with Gasteiger partial charge in [0, 0.05) is 37.3 Å². The Morgan fingerprint density at radius 2 is 1.71 bits per heavy atom. The molecule has 1 saturated heterocycles. The normalized spacial score (nSPS) is 15.0. The van der Waals surface area contributed by atoms with Crippen molar-refractivity contribution in [2.24, 2.45) is 0 Å². The van der Waals surface area contributed by atoms with Gasteiger partial charge < -0.3 is 10.1 Å². The molecule has 0 unspecified atom stereocenters. The molecule has 3 heterocycles. The standard InChI is InChI=1S/C26H28F2N6O/c1-16-11-17(2)25(18(3)12-16)35-24-13-23(32-26-29-15-30-34(24)26)31-19-7-9-33(10-8-19)14-20-21(27)5-4-6-22(20)28/h4-6,11-13,15,19H,7-10,14H2,1-3H3,(H,29,30,31,32). The van der Waals surface area contributed by atoms with Gasteiger partial charge in [-0.05, 0) is 56.9 Å². The molecule has 0 aliphatic carbocycles. The molecule has 1 aliphatic rings. The van der Waals surface area contributed by atoms with E-state index in [4.69, 9.17) is 4.74 Å². The molecule has 0 amide bonds. The van der Waals surface area contributed by atoms with Crippen LogP contribution >= 0.6 is 0 Å². The minimum Gasteiger partial charge on any atom is -0.438 e. The fourth-order valence-corrected chi connectivity index (χ4v) is 4.72. The first-order valence-corrected chi connectivity index (χ1v) is 11.8. The molecule has 1 N–H and O–H groups in total. The lowest BCUT2D eigenvalue weighted by molar-refractivity contribution is 0.206. The van der Waals surface area contributed by atoms with Gasteiger partial charge in [0.2, 0.25) is 5.88 Å². The van der Waals surface area contributed by atoms with Crippen molar-refractivity contribution in [3.63, 3.8) is 0 Å². The minimum absolute atomic E-state index is 0.126. The second-order valence-electron chi connectivity index (χ2n) is 9.18. The van der Waals surface area contributed by atoms with Crippen molar-refractivity contribution in [3.8, 4) is 11.6 Å². The SMILES string of the molecule is Cc1cc(C)c(Oc2cc(NC3CCN(Cc4c(F)cccc4F)CC3)nc3ncnn23)c(C)c1. The van der Waals surface area contributed by atoms with Crippen LogP contribution in [0.5, 0.6) is 11.6 Å². The topological polar surface area (TPSA) is 67.6 Å². The second kappa shape index (κ2) is 9.58. The van der Waals surface area contributed by atoms with Gasteiger partial charge in [-0.15, -0.1) is 0 Å². The summed E-state index contributed by atoms with van der Waals surface area (Å²) >= 11 is 0. The van der Waals surface area contributed by atoms with Crippen LogP contribution in [0.2, 0.25) is 0 Å². The zero-order valence-corrected chi connectivity index (χ0v) is 20.1. The second-order valence-corrected chi connectivity index (χ2v) is 9.18. The number of benzene rings is 2. The van der Waals surface area contributed by atoms with Gasteiger partial charge in [0.1, 0.15) is 29.5 Å². The zero-order valence-electron chi connectivity index (χ0n) is 20.1. The number of piperidine rings is 1. The Morgan fingerprint density at radius 1 is 1.03 bits per heavy atom. The molecule has 9 heteroatoms. The molecule has 4 aromatic rings. The van der Waals surface area contributed by atoms with Crippen molar-refractivity contribution in [2.75, 3.05) is 18.4 Å². The van der Waals surface area contributed by atoms with Crippen LogP contribution in [0.25, 0.3) is 5.78 Å². The third kappa shape index (κ3) is 4.95. The van der Waals surface area contributed by atoms with Gasteiger partial charge in [0.05, 0.1) is 0 Å². The molecule has 2 aromatic carbocycles. The van der Waals surface area contributed by atoms with E-state index in [9.17, 15) is 8.78 Å². The van der Waals surface area contributed by atoms with Crippen LogP contribution in [-0.2, 0) is 6.54 Å². The molecule has 0 saturated carbocycles. The van der Waals surface area contributed by atoms with Crippen molar-refractivity contribution >= 4 is 11.6 Å². The lowest BCUT2D eigenvalue weighted by atomic mass is 10.0. The van der Waals surface area contributed by atoms with E-state index in [0.29, 0.717) is 17.5 Å². The van der Waals surface area contributed by atoms with E-state index in [1.54, 1.807) is 4.52 Å². The number of rotatable bonds is 6. The molecular formula is C26H28F2N6O. The highest BCUT2D eigenvalue weighted by Crippen LogP contribution is 2.31. The summed E-state index contributed by atoms with van der Waals surface area (Å²) in [5.74, 6) is 1.42. The van der Waals surface area contributed by atoms with Crippen LogP contribution in [0, 0.1) is 32.4 Å². The van der Waals surface area contributed by atoms with E-state index < -0.39 is 11.6 Å². The van der Waals surface area contributed by atoms with Crippen LogP contribution < -0.4 is 10.1 Å². The molecule has 0 bridgehead atoms. The Labute approximate surface area is 202 Å². The molecular weight excluding hydrogens is 450 g/mol. The number of hydrogen-bond acceptors (Lipinski definition) is 6. The number of nitrogens with zero attached hydrogens (tertiary/aromatic N) is 5. The van der Waals surface area contributed by atoms with Gasteiger partial charge in [-0.25, -0.2) is 8.78 Å². The molecule has 7 nitrogen and oxygen atoms in total. The van der Waals surface area contributed by atoms with Crippen molar-refractivity contribution < 1.29 is 13.5 Å². The Bertz CT molecular complexity index is 1320. The van der Waals surface area contributed by atoms with Crippen LogP contribution in [0.3, 0.4) is 0 Å². The predicted molar refractivity (Wildman–Crippen MR) is 130 cm³/mol. The Hall–Kier alpha value is -3.59. The lowest BCUT2D eigenvalue weighted by Crippen LogP contribution is -2.39. The smallest absolute Gasteiger partial charge is 0.257 e. The van der Waals surface area contributed by atoms with Gasteiger partial charge in [-0.3, -0.25) is 4.90 Å². The van der Waals surface area contributed by atoms with Gasteiger partial charge in [-0.1, -0.05) is 23.8 Å². The average Bonchev–Trinajstić information content (AvgIpc) is 3.29. The molecule has 0 spiro atoms. The van der Waals surface area contributed by atoms with E-state index in [2.05, 4.69) is 44.3 Å². The summed E-state index contributed by atoms with van der Waals surface area (Å²) < 4.78 is 35.9. The summed E-state index contributed by atoms with van der Waals surface area (Å²) in [6, 6.07) is 10.2. The number of fused-ring (bicyclic) bond motifs is 1. The van der Waals surface area contributed by atoms with Gasteiger partial charge in [-0.2, -0.15) is 19.6 Å². The molecule has 1 aliphatic heterocycles. The molecule has 35 heavy (non-hydrogen) atoms. The fourth-order valence-electron chi connectivity index (χ4n) is 4.72. The number of ether oxygens (including phenoxy) is 1. The first-order valence-electron chi connectivity index (χ1n) is 11.8. The summed E-state index contributed by atoms with van der Waals surface area (Å²) in [7, 11) is 0. The predicted octanol–water partition coefficient (Wildman–Crippen LogP) is 5.20. The lowest BCUT2D eigenvalue weighted by Gasteiger charge is -2.32. The number of hydrogen-bond donors (Lipinski definition) is 1. The van der Waals surface area contributed by atoms with Crippen LogP contribution in [0.4, 0.5) is 14.6 Å². The summed E-state index contributed by atoms with van der Waals surface area (Å²) in [6.45, 7) is 7.83. The number of anilines is 1. The summed E-state index contributed by atoms with van der Waals surface area (Å²) in [5, 5.41) is 7.75. The largest absolute Gasteiger partial charge is 0.438 e. The van der Waals surface area contributed by atoms with E-state index in [1.165, 1.54) is 30.1 Å². The number of nitrogens with one attached hydrogen (secondary N) is 1. The zero-order chi connectivity index (χ0) is 24.5. The Morgan fingerprint density at radius 3 is 2.40 bits per heavy atom. The molecule has 182 valence electrons. The maximum absolute atomic E-state index is 14.0. The van der Waals surface area contributed by atoms with E-state index in [-0.39, 0.29) is 18.2 Å². The van der Waals surface area contributed by atoms with Gasteiger partial charge in [0.15, 0.2) is 0 Å². The highest BCUT2D eigenvalue weighted by molar-refractivity contribution is 5.50. The molecule has 0 atom stereocenters. The third-order valence-corrected chi connectivity index (χ3v) is 6.41. The minimum atomic E-state index is -0.498. The van der Waals surface area contributed by atoms with Crippen LogP contribution in [0.15, 0.2) is 42.7 Å². The third-order valence-electron chi connectivity index (χ3n) is 6.41. The van der Waals surface area contributed by atoms with Gasteiger partial charge >= 0.3 is 0 Å². The van der Waals surface area contributed by atoms with E-state index in [0.717, 1.165) is 42.8 Å². The van der Waals surface area contributed by atoms with Crippen LogP contribution in [0.1, 0.15) is 35.1 Å². The first-order chi connectivity index (χ1) is 16.9. The van der Waals surface area contributed by atoms with Crippen LogP contribution in [-0.4, -0.2) is 43.6 Å². The maximum atomic E-state index is 14.0. The number of halogens is 2. The molecule has 2 aromatic heterocycles. The van der Waals surface area contributed by atoms with Crippen molar-refractivity contribution in [2.45, 2.75) is 46.2 Å². The van der Waals surface area contributed by atoms with E-state index >= 15 is 0 Å². The monoisotopic (exact) mass is 478 g/mol. The summed E-state index contributed by atoms with van der Waals surface area (Å²) in [4.78, 5) is 10.9. The van der Waals surface area contributed by atoms with Crippen molar-refractivity contribution in [1.82, 2.24) is 24.5 Å². The summed E-state index contributed by atoms with van der Waals surface area (Å²) in [5.41, 5.74) is 3.39. The number of likely N-dealkylation sites (tertiary alicyclic amines) is 1. The maximum Gasteiger partial charge on any atom is 0.257 e. The molecule has 5 rings (SSSR count). The van der Waals surface area contributed by atoms with E-state index in [1.807, 2.05) is 19.9 Å². The Balaban J connectivity index is 1.29. The highest BCUT2D eigenvalue weighted by atomic mass is 19.1.